The van der Waals surface area contributed by atoms with Gasteiger partial charge in [0.05, 0.1) is 12.3 Å². The van der Waals surface area contributed by atoms with Crippen LogP contribution >= 0.6 is 0 Å². The zero-order chi connectivity index (χ0) is 10.7. The van der Waals surface area contributed by atoms with Gasteiger partial charge in [-0.2, -0.15) is 0 Å². The van der Waals surface area contributed by atoms with Crippen molar-refractivity contribution in [2.45, 2.75) is 0 Å². The Hall–Kier alpha value is -1.87. The number of hydrogen-bond donors (Lipinski definition) is 2. The first-order valence-corrected chi connectivity index (χ1v) is 4.67. The number of hydrogen-bond acceptors (Lipinski definition) is 3. The fourth-order valence-corrected chi connectivity index (χ4v) is 1.41. The molecule has 2 N–H and O–H groups in total. The second-order valence-corrected chi connectivity index (χ2v) is 3.17. The molecule has 0 aliphatic rings. The molecule has 0 bridgehead atoms. The van der Waals surface area contributed by atoms with Crippen LogP contribution in [0.5, 0.6) is 5.75 Å². The molecule has 0 atom stereocenters. The fourth-order valence-electron chi connectivity index (χ4n) is 1.41. The average molecular weight is 201 g/mol. The maximum absolute atomic E-state index is 9.59. The molecule has 0 aliphatic heterocycles. The van der Waals surface area contributed by atoms with E-state index in [1.165, 1.54) is 0 Å². The molecule has 0 saturated heterocycles. The number of nitrogens with zero attached hydrogens (tertiary/aromatic N) is 1. The summed E-state index contributed by atoms with van der Waals surface area (Å²) in [6.45, 7) is -0.0134. The molecule has 0 fully saturated rings. The Balaban J connectivity index is 2.54. The molecule has 15 heavy (non-hydrogen) atoms. The van der Waals surface area contributed by atoms with Gasteiger partial charge in [0, 0.05) is 5.39 Å². The van der Waals surface area contributed by atoms with E-state index in [1.807, 2.05) is 18.2 Å². The van der Waals surface area contributed by atoms with Crippen molar-refractivity contribution < 1.29 is 10.2 Å². The monoisotopic (exact) mass is 201 g/mol. The third-order valence-corrected chi connectivity index (χ3v) is 2.11. The van der Waals surface area contributed by atoms with Crippen LogP contribution < -0.4 is 0 Å². The van der Waals surface area contributed by atoms with Crippen molar-refractivity contribution in [1.82, 2.24) is 4.98 Å². The third-order valence-electron chi connectivity index (χ3n) is 2.11. The molecule has 1 aromatic carbocycles. The third kappa shape index (κ3) is 1.97. The molecule has 0 unspecified atom stereocenters. The van der Waals surface area contributed by atoms with Crippen LogP contribution in [0.4, 0.5) is 0 Å². The summed E-state index contributed by atoms with van der Waals surface area (Å²) >= 11 is 0. The minimum atomic E-state index is -0.0134. The number of aliphatic hydroxyl groups is 1. The highest BCUT2D eigenvalue weighted by Gasteiger charge is 2.00. The molecule has 0 amide bonds. The Kier molecular flexibility index (Phi) is 2.65. The first kappa shape index (κ1) is 9.68. The molecular formula is C12H11NO2. The number of rotatable bonds is 2. The van der Waals surface area contributed by atoms with E-state index >= 15 is 0 Å². The van der Waals surface area contributed by atoms with E-state index in [4.69, 9.17) is 5.11 Å². The minimum absolute atomic E-state index is 0.0134. The number of phenolic OH excluding ortho intramolecular Hbond substituents is 1. The van der Waals surface area contributed by atoms with Crippen LogP contribution in [0.15, 0.2) is 36.4 Å². The van der Waals surface area contributed by atoms with Crippen molar-refractivity contribution >= 4 is 17.0 Å². The van der Waals surface area contributed by atoms with E-state index in [0.29, 0.717) is 5.52 Å². The van der Waals surface area contributed by atoms with E-state index < -0.39 is 0 Å². The van der Waals surface area contributed by atoms with Gasteiger partial charge in [0.25, 0.3) is 0 Å². The predicted octanol–water partition coefficient (Wildman–Crippen LogP) is 1.95. The first-order chi connectivity index (χ1) is 7.31. The highest BCUT2D eigenvalue weighted by atomic mass is 16.3. The van der Waals surface area contributed by atoms with Crippen molar-refractivity contribution in [2.24, 2.45) is 0 Å². The Bertz CT molecular complexity index is 506. The van der Waals surface area contributed by atoms with Gasteiger partial charge in [-0.1, -0.05) is 24.3 Å². The second-order valence-electron chi connectivity index (χ2n) is 3.17. The maximum Gasteiger partial charge on any atom is 0.141 e. The molecule has 2 aromatic rings. The van der Waals surface area contributed by atoms with Gasteiger partial charge in [0.2, 0.25) is 0 Å². The first-order valence-electron chi connectivity index (χ1n) is 4.67. The number of pyridine rings is 1. The lowest BCUT2D eigenvalue weighted by atomic mass is 10.2. The molecule has 1 heterocycles. The van der Waals surface area contributed by atoms with Crippen LogP contribution in [0.2, 0.25) is 0 Å². The standard InChI is InChI=1S/C12H11NO2/c14-8-2-4-10-7-6-9-3-1-5-11(15)12(9)13-10/h1-7,14-15H,8H2. The van der Waals surface area contributed by atoms with Crippen LogP contribution in [0.3, 0.4) is 0 Å². The van der Waals surface area contributed by atoms with Crippen LogP contribution in [0.25, 0.3) is 17.0 Å². The number of aromatic hydroxyl groups is 1. The van der Waals surface area contributed by atoms with Crippen LogP contribution in [-0.2, 0) is 0 Å². The lowest BCUT2D eigenvalue weighted by Gasteiger charge is -2.00. The molecule has 0 spiro atoms. The zero-order valence-corrected chi connectivity index (χ0v) is 8.09. The van der Waals surface area contributed by atoms with Gasteiger partial charge in [0.15, 0.2) is 0 Å². The maximum atomic E-state index is 9.59. The molecule has 76 valence electrons. The minimum Gasteiger partial charge on any atom is -0.506 e. The summed E-state index contributed by atoms with van der Waals surface area (Å²) in [5.74, 6) is 0.173. The summed E-state index contributed by atoms with van der Waals surface area (Å²) in [6.07, 6.45) is 3.32. The van der Waals surface area contributed by atoms with Crippen molar-refractivity contribution in [3.8, 4) is 5.75 Å². The number of aliphatic hydroxyl groups excluding tert-OH is 1. The smallest absolute Gasteiger partial charge is 0.141 e. The fraction of sp³-hybridized carbons (Fsp3) is 0.0833. The molecule has 3 heteroatoms. The predicted molar refractivity (Wildman–Crippen MR) is 59.5 cm³/mol. The van der Waals surface area contributed by atoms with Gasteiger partial charge in [-0.3, -0.25) is 0 Å². The lowest BCUT2D eigenvalue weighted by Crippen LogP contribution is -1.84. The Labute approximate surface area is 87.3 Å². The second kappa shape index (κ2) is 4.11. The number of phenols is 1. The number of para-hydroxylation sites is 1. The van der Waals surface area contributed by atoms with Crippen LogP contribution in [-0.4, -0.2) is 21.8 Å². The number of aromatic nitrogens is 1. The largest absolute Gasteiger partial charge is 0.506 e. The Morgan fingerprint density at radius 1 is 1.20 bits per heavy atom. The molecule has 0 aliphatic carbocycles. The van der Waals surface area contributed by atoms with Gasteiger partial charge in [-0.05, 0) is 18.2 Å². The molecule has 0 saturated carbocycles. The highest BCUT2D eigenvalue weighted by molar-refractivity contribution is 5.84. The molecule has 0 radical (unpaired) electrons. The van der Waals surface area contributed by atoms with Gasteiger partial charge < -0.3 is 10.2 Å². The zero-order valence-electron chi connectivity index (χ0n) is 8.09. The summed E-state index contributed by atoms with van der Waals surface area (Å²) in [6, 6.07) is 9.01. The van der Waals surface area contributed by atoms with Crippen LogP contribution in [0, 0.1) is 0 Å². The number of fused-ring (bicyclic) bond motifs is 1. The highest BCUT2D eigenvalue weighted by Crippen LogP contribution is 2.22. The van der Waals surface area contributed by atoms with Gasteiger partial charge in [0.1, 0.15) is 11.3 Å². The molecule has 2 rings (SSSR count). The topological polar surface area (TPSA) is 53.4 Å². The van der Waals surface area contributed by atoms with Crippen molar-refractivity contribution in [3.05, 3.63) is 42.1 Å². The summed E-state index contributed by atoms with van der Waals surface area (Å²) in [5.41, 5.74) is 1.30. The van der Waals surface area contributed by atoms with Gasteiger partial charge >= 0.3 is 0 Å². The molecular weight excluding hydrogens is 190 g/mol. The molecule has 1 aromatic heterocycles. The molecule has 3 nitrogen and oxygen atoms in total. The summed E-state index contributed by atoms with van der Waals surface area (Å²) in [7, 11) is 0. The van der Waals surface area contributed by atoms with Crippen LogP contribution in [0.1, 0.15) is 5.69 Å². The lowest BCUT2D eigenvalue weighted by molar-refractivity contribution is 0.343. The van der Waals surface area contributed by atoms with E-state index in [0.717, 1.165) is 11.1 Å². The van der Waals surface area contributed by atoms with Crippen molar-refractivity contribution in [1.29, 1.82) is 0 Å². The summed E-state index contributed by atoms with van der Waals surface area (Å²) < 4.78 is 0. The van der Waals surface area contributed by atoms with Gasteiger partial charge in [-0.25, -0.2) is 4.98 Å². The Morgan fingerprint density at radius 2 is 2.07 bits per heavy atom. The summed E-state index contributed by atoms with van der Waals surface area (Å²) in [5, 5.41) is 19.1. The summed E-state index contributed by atoms with van der Waals surface area (Å²) in [4.78, 5) is 4.26. The van der Waals surface area contributed by atoms with E-state index in [1.54, 1.807) is 24.3 Å². The van der Waals surface area contributed by atoms with Crippen molar-refractivity contribution in [2.75, 3.05) is 6.61 Å². The average Bonchev–Trinajstić information content (AvgIpc) is 2.27. The quantitative estimate of drug-likeness (QED) is 0.780. The van der Waals surface area contributed by atoms with Gasteiger partial charge in [-0.15, -0.1) is 0 Å². The normalized spacial score (nSPS) is 11.3. The SMILES string of the molecule is OCC=Cc1ccc2cccc(O)c2n1. The van der Waals surface area contributed by atoms with E-state index in [-0.39, 0.29) is 12.4 Å². The van der Waals surface area contributed by atoms with Crippen molar-refractivity contribution in [3.63, 3.8) is 0 Å². The Morgan fingerprint density at radius 3 is 2.87 bits per heavy atom. The number of benzene rings is 1. The van der Waals surface area contributed by atoms with E-state index in [9.17, 15) is 5.11 Å². The van der Waals surface area contributed by atoms with E-state index in [2.05, 4.69) is 4.98 Å².